The Bertz CT molecular complexity index is 984. The van der Waals surface area contributed by atoms with Gasteiger partial charge in [0.1, 0.15) is 11.9 Å². The summed E-state index contributed by atoms with van der Waals surface area (Å²) < 4.78 is 24.0. The van der Waals surface area contributed by atoms with E-state index in [0.29, 0.717) is 28.9 Å². The monoisotopic (exact) mass is 430 g/mol. The second-order valence-electron chi connectivity index (χ2n) is 9.87. The molecule has 30 heavy (non-hydrogen) atoms. The van der Waals surface area contributed by atoms with Gasteiger partial charge >= 0.3 is 0 Å². The molecule has 1 aliphatic heterocycles. The Labute approximate surface area is 178 Å². The van der Waals surface area contributed by atoms with Crippen LogP contribution in [0.4, 0.5) is 0 Å². The molecule has 3 unspecified atom stereocenters. The van der Waals surface area contributed by atoms with Crippen LogP contribution in [0.3, 0.4) is 0 Å². The molecule has 0 N–H and O–H groups in total. The highest BCUT2D eigenvalue weighted by molar-refractivity contribution is 6.74. The van der Waals surface area contributed by atoms with Crippen LogP contribution in [-0.4, -0.2) is 39.4 Å². The second-order valence-corrected chi connectivity index (χ2v) is 14.6. The van der Waals surface area contributed by atoms with Gasteiger partial charge in [0.2, 0.25) is 14.1 Å². The van der Waals surface area contributed by atoms with E-state index in [1.165, 1.54) is 7.11 Å². The number of benzene rings is 1. The van der Waals surface area contributed by atoms with Crippen LogP contribution in [-0.2, 0) is 20.6 Å². The standard InChI is InChI=1S/C23H30O6Si/c1-11-19(24)17-13-9-16-22(28-12(2)27-16)18(13)15(29-30(7,8)23(3,4)5)10-14(17)20(25)21(11)26-6/h10,12,16,22H,9H2,1-8H3. The zero-order valence-corrected chi connectivity index (χ0v) is 20.0. The number of rotatable bonds is 3. The van der Waals surface area contributed by atoms with Crippen molar-refractivity contribution in [3.8, 4) is 5.75 Å². The van der Waals surface area contributed by atoms with E-state index in [4.69, 9.17) is 18.6 Å². The topological polar surface area (TPSA) is 71.1 Å². The molecule has 4 rings (SSSR count). The number of Topliss-reactive ketones (excluding diaryl/α,β-unsaturated/α-hetero) is 2. The fourth-order valence-electron chi connectivity index (χ4n) is 4.28. The molecule has 0 spiro atoms. The van der Waals surface area contributed by atoms with Gasteiger partial charge in [-0.05, 0) is 43.6 Å². The Morgan fingerprint density at radius 2 is 1.80 bits per heavy atom. The maximum absolute atomic E-state index is 13.2. The number of hydrogen-bond donors (Lipinski definition) is 0. The largest absolute Gasteiger partial charge is 0.543 e. The van der Waals surface area contributed by atoms with Gasteiger partial charge in [-0.3, -0.25) is 9.59 Å². The minimum atomic E-state index is -2.21. The Kier molecular flexibility index (Phi) is 4.80. The van der Waals surface area contributed by atoms with Crippen molar-refractivity contribution in [2.45, 2.75) is 77.7 Å². The zero-order valence-electron chi connectivity index (χ0n) is 19.0. The molecule has 3 atom stereocenters. The fourth-order valence-corrected chi connectivity index (χ4v) is 5.31. The molecule has 0 radical (unpaired) electrons. The highest BCUT2D eigenvalue weighted by atomic mass is 28.4. The summed E-state index contributed by atoms with van der Waals surface area (Å²) in [6.07, 6.45) is -0.268. The van der Waals surface area contributed by atoms with Crippen LogP contribution in [0.5, 0.6) is 5.75 Å². The number of methoxy groups -OCH3 is 1. The molecule has 1 saturated heterocycles. The Balaban J connectivity index is 1.94. The maximum Gasteiger partial charge on any atom is 0.250 e. The van der Waals surface area contributed by atoms with E-state index in [2.05, 4.69) is 33.9 Å². The molecule has 0 aromatic heterocycles. The molecule has 1 fully saturated rings. The smallest absolute Gasteiger partial charge is 0.250 e. The summed E-state index contributed by atoms with van der Waals surface area (Å²) in [7, 11) is -0.789. The summed E-state index contributed by atoms with van der Waals surface area (Å²) in [6, 6.07) is 1.73. The Hall–Kier alpha value is -1.96. The lowest BCUT2D eigenvalue weighted by Crippen LogP contribution is -2.44. The fraction of sp³-hybridized carbons (Fsp3) is 0.565. The van der Waals surface area contributed by atoms with Crippen LogP contribution >= 0.6 is 0 Å². The Morgan fingerprint density at radius 1 is 1.13 bits per heavy atom. The van der Waals surface area contributed by atoms with Crippen molar-refractivity contribution in [3.63, 3.8) is 0 Å². The number of hydrogen-bond acceptors (Lipinski definition) is 6. The predicted octanol–water partition coefficient (Wildman–Crippen LogP) is 4.73. The summed E-state index contributed by atoms with van der Waals surface area (Å²) >= 11 is 0. The molecular formula is C23H30O6Si. The van der Waals surface area contributed by atoms with Crippen molar-refractivity contribution in [2.75, 3.05) is 7.11 Å². The molecule has 0 bridgehead atoms. The normalized spacial score (nSPS) is 25.9. The summed E-state index contributed by atoms with van der Waals surface area (Å²) in [5.74, 6) is 0.283. The van der Waals surface area contributed by atoms with E-state index in [1.807, 2.05) is 6.92 Å². The van der Waals surface area contributed by atoms with Crippen LogP contribution in [0.25, 0.3) is 0 Å². The lowest BCUT2D eigenvalue weighted by Gasteiger charge is -2.37. The average molecular weight is 431 g/mol. The van der Waals surface area contributed by atoms with Gasteiger partial charge in [-0.25, -0.2) is 0 Å². The number of fused-ring (bicyclic) bond motifs is 5. The first kappa shape index (κ1) is 21.3. The molecule has 7 heteroatoms. The highest BCUT2D eigenvalue weighted by Gasteiger charge is 2.49. The molecule has 6 nitrogen and oxygen atoms in total. The van der Waals surface area contributed by atoms with Crippen molar-refractivity contribution in [1.82, 2.24) is 0 Å². The van der Waals surface area contributed by atoms with Gasteiger partial charge in [0.15, 0.2) is 17.8 Å². The van der Waals surface area contributed by atoms with Gasteiger partial charge in [0, 0.05) is 28.7 Å². The van der Waals surface area contributed by atoms with E-state index in [1.54, 1.807) is 13.0 Å². The van der Waals surface area contributed by atoms with Gasteiger partial charge < -0.3 is 18.6 Å². The van der Waals surface area contributed by atoms with E-state index >= 15 is 0 Å². The third-order valence-corrected chi connectivity index (χ3v) is 11.2. The molecule has 0 amide bonds. The minimum Gasteiger partial charge on any atom is -0.543 e. The van der Waals surface area contributed by atoms with Crippen molar-refractivity contribution in [1.29, 1.82) is 0 Å². The van der Waals surface area contributed by atoms with Crippen LogP contribution < -0.4 is 4.43 Å². The second kappa shape index (κ2) is 6.77. The molecular weight excluding hydrogens is 400 g/mol. The number of ether oxygens (including phenoxy) is 3. The molecule has 2 aliphatic carbocycles. The van der Waals surface area contributed by atoms with Gasteiger partial charge in [0.05, 0.1) is 13.2 Å². The third-order valence-electron chi connectivity index (χ3n) is 6.90. The summed E-state index contributed by atoms with van der Waals surface area (Å²) in [6.45, 7) is 14.3. The molecule has 162 valence electrons. The van der Waals surface area contributed by atoms with Crippen LogP contribution in [0.1, 0.15) is 72.6 Å². The lowest BCUT2D eigenvalue weighted by atomic mass is 9.84. The molecule has 1 aromatic carbocycles. The molecule has 1 aromatic rings. The number of carbonyl (C=O) groups is 2. The third kappa shape index (κ3) is 2.98. The summed E-state index contributed by atoms with van der Waals surface area (Å²) in [4.78, 5) is 26.4. The van der Waals surface area contributed by atoms with E-state index in [-0.39, 0.29) is 40.9 Å². The van der Waals surface area contributed by atoms with Gasteiger partial charge in [-0.2, -0.15) is 0 Å². The highest BCUT2D eigenvalue weighted by Crippen LogP contribution is 2.51. The van der Waals surface area contributed by atoms with Gasteiger partial charge in [-0.1, -0.05) is 20.8 Å². The number of carbonyl (C=O) groups excluding carboxylic acids is 2. The first-order chi connectivity index (χ1) is 13.9. The predicted molar refractivity (Wildman–Crippen MR) is 115 cm³/mol. The zero-order chi connectivity index (χ0) is 22.2. The van der Waals surface area contributed by atoms with Crippen molar-refractivity contribution in [3.05, 3.63) is 39.7 Å². The molecule has 1 heterocycles. The van der Waals surface area contributed by atoms with Gasteiger partial charge in [-0.15, -0.1) is 0 Å². The lowest BCUT2D eigenvalue weighted by molar-refractivity contribution is -0.0533. The summed E-state index contributed by atoms with van der Waals surface area (Å²) in [5.41, 5.74) is 2.81. The molecule has 0 saturated carbocycles. The van der Waals surface area contributed by atoms with Crippen LogP contribution in [0, 0.1) is 0 Å². The van der Waals surface area contributed by atoms with E-state index in [9.17, 15) is 9.59 Å². The van der Waals surface area contributed by atoms with Crippen molar-refractivity contribution in [2.24, 2.45) is 0 Å². The number of allylic oxidation sites excluding steroid dienone is 2. The first-order valence-electron chi connectivity index (χ1n) is 10.4. The van der Waals surface area contributed by atoms with Crippen LogP contribution in [0.15, 0.2) is 17.4 Å². The SMILES string of the molecule is COC1=C(C)C(=O)c2c(cc(O[Si](C)(C)C(C)(C)C)c3c2CC2OC(C)OC32)C1=O. The summed E-state index contributed by atoms with van der Waals surface area (Å²) in [5, 5.41) is -0.0257. The van der Waals surface area contributed by atoms with Gasteiger partial charge in [0.25, 0.3) is 0 Å². The minimum absolute atomic E-state index is 0.0257. The maximum atomic E-state index is 13.2. The van der Waals surface area contributed by atoms with Crippen molar-refractivity contribution >= 4 is 19.9 Å². The number of ketones is 2. The quantitative estimate of drug-likeness (QED) is 0.646. The Morgan fingerprint density at radius 3 is 2.40 bits per heavy atom. The van der Waals surface area contributed by atoms with E-state index in [0.717, 1.165) is 11.1 Å². The molecule has 3 aliphatic rings. The van der Waals surface area contributed by atoms with E-state index < -0.39 is 8.32 Å². The first-order valence-corrected chi connectivity index (χ1v) is 13.3. The van der Waals surface area contributed by atoms with Crippen molar-refractivity contribution < 1.29 is 28.2 Å². The van der Waals surface area contributed by atoms with Crippen LogP contribution in [0.2, 0.25) is 18.1 Å². The average Bonchev–Trinajstić information content (AvgIpc) is 3.14.